The van der Waals surface area contributed by atoms with Gasteiger partial charge in [0, 0.05) is 22.1 Å². The summed E-state index contributed by atoms with van der Waals surface area (Å²) in [5.74, 6) is 0. The molecule has 2 rings (SSSR count). The minimum atomic E-state index is 0.607. The summed E-state index contributed by atoms with van der Waals surface area (Å²) in [4.78, 5) is 0. The summed E-state index contributed by atoms with van der Waals surface area (Å²) in [6.45, 7) is 0.875. The van der Waals surface area contributed by atoms with Crippen molar-refractivity contribution >= 4 is 27.5 Å². The van der Waals surface area contributed by atoms with Crippen molar-refractivity contribution in [1.29, 1.82) is 0 Å². The first-order valence-corrected chi connectivity index (χ1v) is 6.75. The number of allylic oxidation sites excluding steroid dienone is 1. The molecule has 0 spiro atoms. The van der Waals surface area contributed by atoms with Crippen molar-refractivity contribution < 1.29 is 0 Å². The molecular weight excluding hydrogens is 286 g/mol. The van der Waals surface area contributed by atoms with E-state index in [9.17, 15) is 0 Å². The molecule has 0 aromatic heterocycles. The largest absolute Gasteiger partial charge is 0.310 e. The second-order valence-electron chi connectivity index (χ2n) is 4.10. The van der Waals surface area contributed by atoms with Crippen molar-refractivity contribution in [2.45, 2.75) is 31.8 Å². The number of rotatable bonds is 3. The Hall–Kier alpha value is -0.310. The summed E-state index contributed by atoms with van der Waals surface area (Å²) in [6.07, 6.45) is 8.07. The van der Waals surface area contributed by atoms with Crippen LogP contribution in [0.3, 0.4) is 0 Å². The smallest absolute Gasteiger partial charge is 0.0410 e. The van der Waals surface area contributed by atoms with Crippen molar-refractivity contribution in [2.24, 2.45) is 0 Å². The Bertz CT molecular complexity index is 390. The van der Waals surface area contributed by atoms with Crippen molar-refractivity contribution in [3.8, 4) is 0 Å². The van der Waals surface area contributed by atoms with Gasteiger partial charge in [0.1, 0.15) is 0 Å². The fourth-order valence-electron chi connectivity index (χ4n) is 1.91. The fraction of sp³-hybridized carbons (Fsp3) is 0.385. The molecule has 0 saturated heterocycles. The van der Waals surface area contributed by atoms with Crippen LogP contribution in [0.1, 0.15) is 24.8 Å². The highest BCUT2D eigenvalue weighted by Crippen LogP contribution is 2.21. The van der Waals surface area contributed by atoms with Gasteiger partial charge < -0.3 is 5.32 Å². The molecule has 1 unspecified atom stereocenters. The van der Waals surface area contributed by atoms with Gasteiger partial charge in [-0.2, -0.15) is 0 Å². The second-order valence-corrected chi connectivity index (χ2v) is 5.39. The Morgan fingerprint density at radius 3 is 3.00 bits per heavy atom. The van der Waals surface area contributed by atoms with Gasteiger partial charge in [0.25, 0.3) is 0 Å². The molecule has 86 valence electrons. The zero-order chi connectivity index (χ0) is 11.4. The average Bonchev–Trinajstić information content (AvgIpc) is 2.32. The van der Waals surface area contributed by atoms with Crippen LogP contribution >= 0.6 is 27.5 Å². The third-order valence-corrected chi connectivity index (χ3v) is 3.87. The monoisotopic (exact) mass is 299 g/mol. The van der Waals surface area contributed by atoms with E-state index in [1.807, 2.05) is 18.2 Å². The minimum absolute atomic E-state index is 0.607. The maximum absolute atomic E-state index is 5.98. The minimum Gasteiger partial charge on any atom is -0.310 e. The van der Waals surface area contributed by atoms with Crippen molar-refractivity contribution in [3.05, 3.63) is 45.4 Å². The highest BCUT2D eigenvalue weighted by molar-refractivity contribution is 9.10. The molecule has 1 nitrogen and oxygen atoms in total. The summed E-state index contributed by atoms with van der Waals surface area (Å²) >= 11 is 9.52. The molecule has 1 aromatic rings. The standard InChI is InChI=1S/C13H15BrClN/c14-13-7-6-11(15)8-10(13)9-16-12-4-2-1-3-5-12/h1-2,6-8,12,16H,3-5,9H2. The van der Waals surface area contributed by atoms with Crippen LogP contribution in [0.25, 0.3) is 0 Å². The Balaban J connectivity index is 1.93. The molecule has 3 heteroatoms. The van der Waals surface area contributed by atoms with Crippen LogP contribution in [0, 0.1) is 0 Å². The second kappa shape index (κ2) is 5.85. The van der Waals surface area contributed by atoms with Gasteiger partial charge in [-0.05, 0) is 43.0 Å². The van der Waals surface area contributed by atoms with E-state index in [2.05, 4.69) is 33.4 Å². The summed E-state index contributed by atoms with van der Waals surface area (Å²) in [5, 5.41) is 4.36. The van der Waals surface area contributed by atoms with Gasteiger partial charge >= 0.3 is 0 Å². The summed E-state index contributed by atoms with van der Waals surface area (Å²) in [7, 11) is 0. The number of hydrogen-bond donors (Lipinski definition) is 1. The van der Waals surface area contributed by atoms with Gasteiger partial charge in [-0.25, -0.2) is 0 Å². The van der Waals surface area contributed by atoms with E-state index in [1.54, 1.807) is 0 Å². The normalized spacial score (nSPS) is 20.0. The SMILES string of the molecule is Clc1ccc(Br)c(CNC2CC=CCC2)c1. The number of hydrogen-bond acceptors (Lipinski definition) is 1. The lowest BCUT2D eigenvalue weighted by Gasteiger charge is -2.19. The molecule has 0 aliphatic heterocycles. The molecule has 1 aromatic carbocycles. The van der Waals surface area contributed by atoms with Gasteiger partial charge in [-0.1, -0.05) is 39.7 Å². The molecule has 1 N–H and O–H groups in total. The summed E-state index contributed by atoms with van der Waals surface area (Å²) in [6, 6.07) is 6.52. The first-order chi connectivity index (χ1) is 7.75. The summed E-state index contributed by atoms with van der Waals surface area (Å²) in [5.41, 5.74) is 1.22. The van der Waals surface area contributed by atoms with E-state index in [1.165, 1.54) is 18.4 Å². The van der Waals surface area contributed by atoms with Gasteiger partial charge in [-0.15, -0.1) is 0 Å². The average molecular weight is 301 g/mol. The van der Waals surface area contributed by atoms with Crippen LogP contribution in [0.15, 0.2) is 34.8 Å². The van der Waals surface area contributed by atoms with Crippen LogP contribution < -0.4 is 5.32 Å². The zero-order valence-corrected chi connectivity index (χ0v) is 11.4. The Labute approximate surface area is 110 Å². The molecule has 1 aliphatic rings. The molecule has 0 amide bonds. The molecule has 1 atom stereocenters. The molecule has 16 heavy (non-hydrogen) atoms. The Morgan fingerprint density at radius 2 is 2.25 bits per heavy atom. The van der Waals surface area contributed by atoms with E-state index < -0.39 is 0 Å². The van der Waals surface area contributed by atoms with Gasteiger partial charge in [-0.3, -0.25) is 0 Å². The number of halogens is 2. The Morgan fingerprint density at radius 1 is 1.38 bits per heavy atom. The number of benzene rings is 1. The van der Waals surface area contributed by atoms with Crippen LogP contribution in [-0.2, 0) is 6.54 Å². The lowest BCUT2D eigenvalue weighted by Crippen LogP contribution is -2.29. The fourth-order valence-corrected chi connectivity index (χ4v) is 2.49. The molecule has 0 bridgehead atoms. The molecule has 0 saturated carbocycles. The number of nitrogens with one attached hydrogen (secondary N) is 1. The topological polar surface area (TPSA) is 12.0 Å². The predicted molar refractivity (Wildman–Crippen MR) is 72.8 cm³/mol. The maximum Gasteiger partial charge on any atom is 0.0410 e. The van der Waals surface area contributed by atoms with Crippen LogP contribution in [0.5, 0.6) is 0 Å². The predicted octanol–water partition coefficient (Wildman–Crippen LogP) is 4.30. The van der Waals surface area contributed by atoms with E-state index in [0.717, 1.165) is 22.5 Å². The molecule has 0 heterocycles. The molecule has 0 fully saturated rings. The summed E-state index contributed by atoms with van der Waals surface area (Å²) < 4.78 is 1.12. The molecule has 0 radical (unpaired) electrons. The Kier molecular flexibility index (Phi) is 4.45. The quantitative estimate of drug-likeness (QED) is 0.821. The maximum atomic E-state index is 5.98. The highest BCUT2D eigenvalue weighted by Gasteiger charge is 2.09. The molecular formula is C13H15BrClN. The third-order valence-electron chi connectivity index (χ3n) is 2.86. The first-order valence-electron chi connectivity index (χ1n) is 5.58. The lowest BCUT2D eigenvalue weighted by molar-refractivity contribution is 0.474. The first kappa shape index (κ1) is 12.2. The van der Waals surface area contributed by atoms with Gasteiger partial charge in [0.05, 0.1) is 0 Å². The van der Waals surface area contributed by atoms with Crippen molar-refractivity contribution in [2.75, 3.05) is 0 Å². The van der Waals surface area contributed by atoms with Gasteiger partial charge in [0.15, 0.2) is 0 Å². The molecule has 1 aliphatic carbocycles. The van der Waals surface area contributed by atoms with Crippen LogP contribution in [0.4, 0.5) is 0 Å². The third kappa shape index (κ3) is 3.34. The lowest BCUT2D eigenvalue weighted by atomic mass is 10.0. The highest BCUT2D eigenvalue weighted by atomic mass is 79.9. The van der Waals surface area contributed by atoms with E-state index in [4.69, 9.17) is 11.6 Å². The van der Waals surface area contributed by atoms with Crippen LogP contribution in [0.2, 0.25) is 5.02 Å². The van der Waals surface area contributed by atoms with E-state index in [-0.39, 0.29) is 0 Å². The zero-order valence-electron chi connectivity index (χ0n) is 9.05. The van der Waals surface area contributed by atoms with E-state index >= 15 is 0 Å². The van der Waals surface area contributed by atoms with Crippen LogP contribution in [-0.4, -0.2) is 6.04 Å². The van der Waals surface area contributed by atoms with Crippen molar-refractivity contribution in [3.63, 3.8) is 0 Å². The van der Waals surface area contributed by atoms with Crippen molar-refractivity contribution in [1.82, 2.24) is 5.32 Å². The van der Waals surface area contributed by atoms with E-state index in [0.29, 0.717) is 6.04 Å². The van der Waals surface area contributed by atoms with Gasteiger partial charge in [0.2, 0.25) is 0 Å².